The third-order valence-electron chi connectivity index (χ3n) is 4.07. The lowest BCUT2D eigenvalue weighted by Gasteiger charge is -2.21. The van der Waals surface area contributed by atoms with Gasteiger partial charge in [0.1, 0.15) is 17.6 Å². The van der Waals surface area contributed by atoms with Crippen molar-refractivity contribution in [3.05, 3.63) is 50.1 Å². The molecular weight excluding hydrogens is 427 g/mol. The van der Waals surface area contributed by atoms with Crippen molar-refractivity contribution in [3.63, 3.8) is 0 Å². The first-order chi connectivity index (χ1) is 11.6. The molecule has 2 heterocycles. The van der Waals surface area contributed by atoms with Gasteiger partial charge < -0.3 is 9.47 Å². The molecule has 0 N–H and O–H groups in total. The Bertz CT molecular complexity index is 734. The smallest absolute Gasteiger partial charge is 0.331 e. The van der Waals surface area contributed by atoms with Crippen LogP contribution in [0.2, 0.25) is 0 Å². The van der Waals surface area contributed by atoms with Crippen molar-refractivity contribution in [3.8, 4) is 5.75 Å². The average Bonchev–Trinajstić information content (AvgIpc) is 3.05. The van der Waals surface area contributed by atoms with Crippen LogP contribution in [-0.2, 0) is 20.9 Å². The van der Waals surface area contributed by atoms with Gasteiger partial charge in [0.2, 0.25) is 0 Å². The van der Waals surface area contributed by atoms with Crippen LogP contribution in [0.4, 0.5) is 0 Å². The number of rotatable bonds is 5. The van der Waals surface area contributed by atoms with Crippen molar-refractivity contribution < 1.29 is 19.1 Å². The number of hydrogen-bond donors (Lipinski definition) is 0. The molecule has 0 unspecified atom stereocenters. The molecule has 24 heavy (non-hydrogen) atoms. The lowest BCUT2D eigenvalue weighted by Crippen LogP contribution is -2.34. The SMILES string of the molecule is C=C1OC(=O)[C@@H]2[C@H]1[C@H](CN=[N+]=[N-])ON2Cc1cccc(I)c1OC. The van der Waals surface area contributed by atoms with E-state index < -0.39 is 18.1 Å². The molecule has 126 valence electrons. The maximum atomic E-state index is 12.2. The zero-order chi connectivity index (χ0) is 17.3. The molecule has 0 saturated carbocycles. The molecule has 2 saturated heterocycles. The van der Waals surface area contributed by atoms with Crippen LogP contribution in [-0.4, -0.2) is 36.8 Å². The molecule has 2 aliphatic rings. The summed E-state index contributed by atoms with van der Waals surface area (Å²) in [7, 11) is 1.60. The van der Waals surface area contributed by atoms with E-state index in [1.165, 1.54) is 0 Å². The number of azide groups is 1. The highest BCUT2D eigenvalue weighted by Gasteiger charge is 2.54. The van der Waals surface area contributed by atoms with Crippen molar-refractivity contribution >= 4 is 28.6 Å². The van der Waals surface area contributed by atoms with Gasteiger partial charge in [0.05, 0.1) is 35.8 Å². The molecule has 0 radical (unpaired) electrons. The van der Waals surface area contributed by atoms with Crippen LogP contribution in [0.15, 0.2) is 35.7 Å². The van der Waals surface area contributed by atoms with E-state index in [1.807, 2.05) is 18.2 Å². The normalized spacial score (nSPS) is 26.0. The third-order valence-corrected chi connectivity index (χ3v) is 4.92. The zero-order valence-electron chi connectivity index (χ0n) is 12.9. The van der Waals surface area contributed by atoms with Gasteiger partial charge in [0, 0.05) is 10.5 Å². The van der Waals surface area contributed by atoms with Crippen molar-refractivity contribution in [2.24, 2.45) is 11.0 Å². The van der Waals surface area contributed by atoms with Gasteiger partial charge in [-0.05, 0) is 34.2 Å². The van der Waals surface area contributed by atoms with Crippen molar-refractivity contribution in [1.29, 1.82) is 0 Å². The van der Waals surface area contributed by atoms with Crippen LogP contribution in [0.25, 0.3) is 10.4 Å². The molecular formula is C15H15IN4O4. The summed E-state index contributed by atoms with van der Waals surface area (Å²) in [5.41, 5.74) is 9.42. The number of methoxy groups -OCH3 is 1. The van der Waals surface area contributed by atoms with E-state index in [0.29, 0.717) is 12.3 Å². The maximum Gasteiger partial charge on any atom is 0.331 e. The summed E-state index contributed by atoms with van der Waals surface area (Å²) in [6.07, 6.45) is -0.473. The van der Waals surface area contributed by atoms with Gasteiger partial charge in [-0.2, -0.15) is 5.06 Å². The molecule has 2 fully saturated rings. The molecule has 3 atom stereocenters. The number of cyclic esters (lactones) is 1. The Kier molecular flexibility index (Phi) is 4.95. The average molecular weight is 442 g/mol. The number of benzene rings is 1. The Hall–Kier alpha value is -1.81. The molecule has 2 aliphatic heterocycles. The molecule has 0 aliphatic carbocycles. The Morgan fingerprint density at radius 1 is 1.54 bits per heavy atom. The van der Waals surface area contributed by atoms with Gasteiger partial charge in [-0.25, -0.2) is 4.79 Å². The van der Waals surface area contributed by atoms with Crippen molar-refractivity contribution in [1.82, 2.24) is 5.06 Å². The van der Waals surface area contributed by atoms with Crippen LogP contribution in [0, 0.1) is 9.49 Å². The lowest BCUT2D eigenvalue weighted by molar-refractivity contribution is -0.183. The molecule has 0 aromatic heterocycles. The lowest BCUT2D eigenvalue weighted by atomic mass is 9.95. The van der Waals surface area contributed by atoms with E-state index in [4.69, 9.17) is 19.8 Å². The van der Waals surface area contributed by atoms with Crippen LogP contribution in [0.3, 0.4) is 0 Å². The first kappa shape index (κ1) is 17.0. The number of para-hydroxylation sites is 1. The monoisotopic (exact) mass is 442 g/mol. The zero-order valence-corrected chi connectivity index (χ0v) is 15.0. The van der Waals surface area contributed by atoms with Crippen molar-refractivity contribution in [2.75, 3.05) is 13.7 Å². The van der Waals surface area contributed by atoms with Gasteiger partial charge in [-0.3, -0.25) is 4.84 Å². The molecule has 3 rings (SSSR count). The van der Waals surface area contributed by atoms with E-state index in [9.17, 15) is 4.79 Å². The number of carbonyl (C=O) groups is 1. The van der Waals surface area contributed by atoms with Gasteiger partial charge in [0.25, 0.3) is 0 Å². The Morgan fingerprint density at radius 2 is 2.33 bits per heavy atom. The van der Waals surface area contributed by atoms with Gasteiger partial charge in [0.15, 0.2) is 0 Å². The fraction of sp³-hybridized carbons (Fsp3) is 0.400. The number of esters is 1. The number of ether oxygens (including phenoxy) is 2. The number of nitrogens with zero attached hydrogens (tertiary/aromatic N) is 4. The van der Waals surface area contributed by atoms with Crippen LogP contribution < -0.4 is 4.74 Å². The largest absolute Gasteiger partial charge is 0.495 e. The first-order valence-electron chi connectivity index (χ1n) is 7.23. The third kappa shape index (κ3) is 2.95. The number of carbonyl (C=O) groups excluding carboxylic acids is 1. The topological polar surface area (TPSA) is 96.8 Å². The van der Waals surface area contributed by atoms with Gasteiger partial charge in [-0.1, -0.05) is 23.8 Å². The number of hydrogen-bond acceptors (Lipinski definition) is 6. The maximum absolute atomic E-state index is 12.2. The van der Waals surface area contributed by atoms with Crippen LogP contribution in [0.5, 0.6) is 5.75 Å². The first-order valence-corrected chi connectivity index (χ1v) is 8.30. The second-order valence-corrected chi connectivity index (χ2v) is 6.58. The van der Waals surface area contributed by atoms with E-state index in [1.54, 1.807) is 12.2 Å². The summed E-state index contributed by atoms with van der Waals surface area (Å²) >= 11 is 2.19. The number of fused-ring (bicyclic) bond motifs is 1. The molecule has 1 aromatic rings. The number of halogens is 1. The molecule has 0 spiro atoms. The van der Waals surface area contributed by atoms with Gasteiger partial charge >= 0.3 is 5.97 Å². The van der Waals surface area contributed by atoms with E-state index in [0.717, 1.165) is 14.9 Å². The number of hydroxylamine groups is 2. The summed E-state index contributed by atoms with van der Waals surface area (Å²) in [6.45, 7) is 4.23. The Morgan fingerprint density at radius 3 is 3.04 bits per heavy atom. The predicted octanol–water partition coefficient (Wildman–Crippen LogP) is 2.78. The summed E-state index contributed by atoms with van der Waals surface area (Å²) < 4.78 is 11.6. The Labute approximate surface area is 152 Å². The summed E-state index contributed by atoms with van der Waals surface area (Å²) in [5, 5.41) is 5.12. The molecule has 1 aromatic carbocycles. The highest BCUT2D eigenvalue weighted by molar-refractivity contribution is 14.1. The summed E-state index contributed by atoms with van der Waals surface area (Å²) in [6, 6.07) is 5.16. The van der Waals surface area contributed by atoms with Crippen LogP contribution >= 0.6 is 22.6 Å². The second-order valence-electron chi connectivity index (χ2n) is 5.42. The highest BCUT2D eigenvalue weighted by Crippen LogP contribution is 2.41. The summed E-state index contributed by atoms with van der Waals surface area (Å²) in [5.74, 6) is 0.331. The minimum absolute atomic E-state index is 0.104. The minimum atomic E-state index is -0.598. The standard InChI is InChI=1S/C15H15IN4O4/c1-8-12-11(6-18-19-17)24-20(13(12)15(21)23-8)7-9-4-3-5-10(16)14(9)22-2/h3-5,11-13H,1,6-7H2,2H3/t11-,12+,13-/m0/s1. The fourth-order valence-corrected chi connectivity index (χ4v) is 3.84. The summed E-state index contributed by atoms with van der Waals surface area (Å²) in [4.78, 5) is 20.8. The Balaban J connectivity index is 1.88. The molecule has 0 bridgehead atoms. The predicted molar refractivity (Wildman–Crippen MR) is 92.7 cm³/mol. The van der Waals surface area contributed by atoms with E-state index >= 15 is 0 Å². The van der Waals surface area contributed by atoms with Crippen molar-refractivity contribution in [2.45, 2.75) is 18.7 Å². The van der Waals surface area contributed by atoms with Crippen LogP contribution in [0.1, 0.15) is 5.56 Å². The molecule has 0 amide bonds. The van der Waals surface area contributed by atoms with Gasteiger partial charge in [-0.15, -0.1) is 0 Å². The van der Waals surface area contributed by atoms with E-state index in [2.05, 4.69) is 39.2 Å². The fourth-order valence-electron chi connectivity index (χ4n) is 3.07. The quantitative estimate of drug-likeness (QED) is 0.230. The molecule has 8 nitrogen and oxygen atoms in total. The molecule has 9 heteroatoms. The highest BCUT2D eigenvalue weighted by atomic mass is 127. The van der Waals surface area contributed by atoms with E-state index in [-0.39, 0.29) is 12.5 Å². The second kappa shape index (κ2) is 6.98. The minimum Gasteiger partial charge on any atom is -0.495 e.